The van der Waals surface area contributed by atoms with Crippen LogP contribution in [0.25, 0.3) is 22.6 Å². The van der Waals surface area contributed by atoms with Crippen LogP contribution in [0.4, 0.5) is 0 Å². The number of carbonyl (C=O) groups excluding carboxylic acids is 1. The summed E-state index contributed by atoms with van der Waals surface area (Å²) in [6.45, 7) is 2.53. The van der Waals surface area contributed by atoms with E-state index in [4.69, 9.17) is 13.7 Å². The maximum Gasteiger partial charge on any atom is 0.420 e. The number of aromatic nitrogens is 3. The fourth-order valence-electron chi connectivity index (χ4n) is 5.76. The zero-order valence-corrected chi connectivity index (χ0v) is 18.4. The first-order chi connectivity index (χ1) is 16.1. The Bertz CT molecular complexity index is 1280. The zero-order valence-electron chi connectivity index (χ0n) is 18.4. The number of benzene rings is 1. The maximum absolute atomic E-state index is 12.8. The van der Waals surface area contributed by atoms with E-state index in [2.05, 4.69) is 10.1 Å². The van der Waals surface area contributed by atoms with Crippen molar-refractivity contribution in [2.75, 3.05) is 26.3 Å². The highest BCUT2D eigenvalue weighted by Crippen LogP contribution is 2.63. The summed E-state index contributed by atoms with van der Waals surface area (Å²) in [7, 11) is 0. The predicted molar refractivity (Wildman–Crippen MR) is 117 cm³/mol. The van der Waals surface area contributed by atoms with Crippen molar-refractivity contribution in [3.8, 4) is 11.5 Å². The lowest BCUT2D eigenvalue weighted by atomic mass is 9.71. The van der Waals surface area contributed by atoms with Crippen molar-refractivity contribution in [2.24, 2.45) is 11.3 Å². The van der Waals surface area contributed by atoms with Crippen LogP contribution < -0.4 is 5.76 Å². The second-order valence-corrected chi connectivity index (χ2v) is 10.3. The molecule has 9 heteroatoms. The van der Waals surface area contributed by atoms with Crippen LogP contribution in [0.1, 0.15) is 56.3 Å². The summed E-state index contributed by atoms with van der Waals surface area (Å²) < 4.78 is 17.8. The van der Waals surface area contributed by atoms with Gasteiger partial charge in [-0.05, 0) is 62.1 Å². The Hall–Kier alpha value is -2.94. The lowest BCUT2D eigenvalue weighted by Crippen LogP contribution is -2.45. The van der Waals surface area contributed by atoms with Crippen LogP contribution in [-0.4, -0.2) is 51.8 Å². The Morgan fingerprint density at radius 2 is 1.91 bits per heavy atom. The minimum absolute atomic E-state index is 0.00473. The average Bonchev–Trinajstić information content (AvgIpc) is 3.32. The first kappa shape index (κ1) is 19.5. The van der Waals surface area contributed by atoms with Crippen LogP contribution in [0.2, 0.25) is 0 Å². The summed E-state index contributed by atoms with van der Waals surface area (Å²) in [6, 6.07) is 5.45. The van der Waals surface area contributed by atoms with Crippen LogP contribution in [0, 0.1) is 11.3 Å². The molecular formula is C24H26N4O5. The van der Waals surface area contributed by atoms with Crippen molar-refractivity contribution >= 4 is 17.0 Å². The van der Waals surface area contributed by atoms with Gasteiger partial charge in [0.1, 0.15) is 0 Å². The van der Waals surface area contributed by atoms with Crippen LogP contribution in [-0.2, 0) is 9.53 Å². The Morgan fingerprint density at radius 1 is 1.12 bits per heavy atom. The average molecular weight is 450 g/mol. The third-order valence-electron chi connectivity index (χ3n) is 8.12. The molecule has 2 aliphatic heterocycles. The Morgan fingerprint density at radius 3 is 2.61 bits per heavy atom. The van der Waals surface area contributed by atoms with Crippen molar-refractivity contribution in [3.05, 3.63) is 34.6 Å². The van der Waals surface area contributed by atoms with Crippen molar-refractivity contribution in [3.63, 3.8) is 0 Å². The van der Waals surface area contributed by atoms with E-state index in [1.807, 2.05) is 17.0 Å². The van der Waals surface area contributed by atoms with Gasteiger partial charge in [0.2, 0.25) is 5.91 Å². The van der Waals surface area contributed by atoms with E-state index in [1.165, 1.54) is 12.8 Å². The van der Waals surface area contributed by atoms with Crippen molar-refractivity contribution in [1.82, 2.24) is 19.6 Å². The van der Waals surface area contributed by atoms with Gasteiger partial charge in [0, 0.05) is 30.5 Å². The molecule has 0 radical (unpaired) electrons. The largest absolute Gasteiger partial charge is 0.420 e. The zero-order chi connectivity index (χ0) is 22.2. The number of nitrogens with zero attached hydrogens (tertiary/aromatic N) is 4. The van der Waals surface area contributed by atoms with E-state index in [0.717, 1.165) is 44.3 Å². The molecule has 1 amide bonds. The summed E-state index contributed by atoms with van der Waals surface area (Å²) in [4.78, 5) is 31.7. The molecule has 7 rings (SSSR count). The molecule has 0 unspecified atom stereocenters. The standard InChI is InChI=1S/C24H26N4O5/c29-22(16-10-24(11-16)5-6-24)27-7-3-14(4-8-27)20-25-21(33-26-20)15-1-2-19-18(9-15)28(23(30)32-19)17-12-31-13-17/h1-2,9,14,16-17H,3-8,10-13H2. The van der Waals surface area contributed by atoms with Gasteiger partial charge in [0.15, 0.2) is 11.4 Å². The Balaban J connectivity index is 1.05. The van der Waals surface area contributed by atoms with E-state index in [-0.39, 0.29) is 23.6 Å². The molecule has 0 N–H and O–H groups in total. The van der Waals surface area contributed by atoms with Gasteiger partial charge in [-0.3, -0.25) is 9.36 Å². The van der Waals surface area contributed by atoms with Gasteiger partial charge in [0.25, 0.3) is 5.89 Å². The number of hydrogen-bond acceptors (Lipinski definition) is 7. The van der Waals surface area contributed by atoms with Gasteiger partial charge >= 0.3 is 5.76 Å². The molecule has 2 aromatic heterocycles. The minimum atomic E-state index is -0.378. The van der Waals surface area contributed by atoms with E-state index >= 15 is 0 Å². The third-order valence-corrected chi connectivity index (χ3v) is 8.12. The van der Waals surface area contributed by atoms with Crippen LogP contribution in [0.15, 0.2) is 31.9 Å². The lowest BCUT2D eigenvalue weighted by molar-refractivity contribution is -0.141. The van der Waals surface area contributed by atoms with Gasteiger partial charge in [-0.25, -0.2) is 4.79 Å². The molecule has 2 aliphatic carbocycles. The predicted octanol–water partition coefficient (Wildman–Crippen LogP) is 3.11. The lowest BCUT2D eigenvalue weighted by Gasteiger charge is -2.40. The second kappa shape index (κ2) is 7.03. The van der Waals surface area contributed by atoms with Crippen LogP contribution in [0.5, 0.6) is 0 Å². The molecule has 3 aromatic rings. The molecule has 4 fully saturated rings. The molecule has 4 aliphatic rings. The fourth-order valence-corrected chi connectivity index (χ4v) is 5.76. The molecule has 0 atom stereocenters. The number of rotatable bonds is 4. The quantitative estimate of drug-likeness (QED) is 0.602. The van der Waals surface area contributed by atoms with Crippen LogP contribution >= 0.6 is 0 Å². The fraction of sp³-hybridized carbons (Fsp3) is 0.583. The van der Waals surface area contributed by atoms with E-state index in [1.54, 1.807) is 10.6 Å². The number of fused-ring (bicyclic) bond motifs is 1. The highest BCUT2D eigenvalue weighted by Gasteiger charge is 2.55. The normalized spacial score (nSPS) is 23.1. The molecule has 4 heterocycles. The molecule has 33 heavy (non-hydrogen) atoms. The molecule has 1 spiro atoms. The van der Waals surface area contributed by atoms with Gasteiger partial charge in [-0.2, -0.15) is 4.98 Å². The second-order valence-electron chi connectivity index (χ2n) is 10.3. The first-order valence-corrected chi connectivity index (χ1v) is 11.9. The molecule has 9 nitrogen and oxygen atoms in total. The highest BCUT2D eigenvalue weighted by atomic mass is 16.5. The molecular weight excluding hydrogens is 424 g/mol. The number of ether oxygens (including phenoxy) is 1. The van der Waals surface area contributed by atoms with Gasteiger partial charge in [-0.1, -0.05) is 5.16 Å². The van der Waals surface area contributed by atoms with Crippen LogP contribution in [0.3, 0.4) is 0 Å². The number of likely N-dealkylation sites (tertiary alicyclic amines) is 1. The highest BCUT2D eigenvalue weighted by molar-refractivity contribution is 5.80. The summed E-state index contributed by atoms with van der Waals surface area (Å²) >= 11 is 0. The van der Waals surface area contributed by atoms with E-state index in [0.29, 0.717) is 47.4 Å². The van der Waals surface area contributed by atoms with Crippen molar-refractivity contribution in [2.45, 2.75) is 50.5 Å². The topological polar surface area (TPSA) is 104 Å². The third kappa shape index (κ3) is 3.16. The van der Waals surface area contributed by atoms with E-state index in [9.17, 15) is 9.59 Å². The molecule has 172 valence electrons. The molecule has 2 saturated heterocycles. The minimum Gasteiger partial charge on any atom is -0.408 e. The number of piperidine rings is 1. The number of oxazole rings is 1. The molecule has 1 aromatic carbocycles. The van der Waals surface area contributed by atoms with Gasteiger partial charge in [0.05, 0.1) is 24.8 Å². The van der Waals surface area contributed by atoms with Gasteiger partial charge < -0.3 is 18.6 Å². The van der Waals surface area contributed by atoms with Gasteiger partial charge in [-0.15, -0.1) is 0 Å². The number of amides is 1. The molecule has 0 bridgehead atoms. The summed E-state index contributed by atoms with van der Waals surface area (Å²) in [5.74, 6) is 1.52. The molecule has 2 saturated carbocycles. The summed E-state index contributed by atoms with van der Waals surface area (Å²) in [6.07, 6.45) is 6.54. The summed E-state index contributed by atoms with van der Waals surface area (Å²) in [5.41, 5.74) is 2.55. The van der Waals surface area contributed by atoms with Crippen molar-refractivity contribution < 1.29 is 18.5 Å². The SMILES string of the molecule is O=C(C1CC2(CC2)C1)N1CCC(c2noc(-c3ccc4oc(=O)n(C5COC5)c4c3)n2)CC1. The Kier molecular flexibility index (Phi) is 4.16. The monoisotopic (exact) mass is 450 g/mol. The van der Waals surface area contributed by atoms with Crippen molar-refractivity contribution in [1.29, 1.82) is 0 Å². The first-order valence-electron chi connectivity index (χ1n) is 11.9. The number of carbonyl (C=O) groups is 1. The smallest absolute Gasteiger partial charge is 0.408 e. The Labute approximate surface area is 189 Å². The maximum atomic E-state index is 12.8. The van der Waals surface area contributed by atoms with E-state index < -0.39 is 0 Å². The summed E-state index contributed by atoms with van der Waals surface area (Å²) in [5, 5.41) is 4.24. The number of hydrogen-bond donors (Lipinski definition) is 0.